The standard InChI is InChI=1S/C30H35N3O8S/c1-20(35)33-19-26(25-5-3-4-6-27(25)33)21-17-28(30(36)31-22-7-8-22)41-29(18-21)40-16-14-32(13-15-34)42(37,38)24-11-9-23(39-2)10-12-24/h3-6,9-12,17,19,21-22,29,34H,7-8,13-16,18H2,1-2H3,(H,31,36)/t21-,29+/m0/s1. The lowest BCUT2D eigenvalue weighted by atomic mass is 9.92. The van der Waals surface area contributed by atoms with Crippen LogP contribution in [0.25, 0.3) is 10.9 Å². The fraction of sp³-hybridized carbons (Fsp3) is 0.400. The number of carbonyl (C=O) groups excluding carboxylic acids is 2. The van der Waals surface area contributed by atoms with Crippen LogP contribution in [0.2, 0.25) is 0 Å². The number of rotatable bonds is 12. The minimum absolute atomic E-state index is 0.0422. The number of aromatic nitrogens is 1. The number of fused-ring (bicyclic) bond motifs is 1. The van der Waals surface area contributed by atoms with Crippen LogP contribution in [-0.2, 0) is 24.3 Å². The molecule has 0 radical (unpaired) electrons. The number of aliphatic hydroxyl groups is 1. The number of sulfonamides is 1. The van der Waals surface area contributed by atoms with Crippen LogP contribution in [-0.4, -0.2) is 80.0 Å². The Balaban J connectivity index is 1.35. The zero-order valence-corrected chi connectivity index (χ0v) is 24.4. The summed E-state index contributed by atoms with van der Waals surface area (Å²) in [5.41, 5.74) is 1.63. The highest BCUT2D eigenvalue weighted by Gasteiger charge is 2.33. The number of methoxy groups -OCH3 is 1. The second-order valence-corrected chi connectivity index (χ2v) is 12.3. The molecule has 2 aliphatic rings. The fourth-order valence-electron chi connectivity index (χ4n) is 5.03. The highest BCUT2D eigenvalue weighted by atomic mass is 32.2. The number of hydrogen-bond donors (Lipinski definition) is 2. The molecule has 2 heterocycles. The maximum Gasteiger partial charge on any atom is 0.286 e. The number of benzene rings is 2. The van der Waals surface area contributed by atoms with Crippen molar-refractivity contribution in [3.05, 3.63) is 72.1 Å². The Kier molecular flexibility index (Phi) is 8.97. The van der Waals surface area contributed by atoms with E-state index in [0.29, 0.717) is 12.2 Å². The molecule has 5 rings (SSSR count). The molecule has 2 atom stereocenters. The zero-order valence-electron chi connectivity index (χ0n) is 23.6. The third-order valence-corrected chi connectivity index (χ3v) is 9.28. The minimum Gasteiger partial charge on any atom is -0.497 e. The molecule has 12 heteroatoms. The van der Waals surface area contributed by atoms with Gasteiger partial charge < -0.3 is 24.6 Å². The Morgan fingerprint density at radius 3 is 2.52 bits per heavy atom. The third kappa shape index (κ3) is 6.51. The summed E-state index contributed by atoms with van der Waals surface area (Å²) in [5, 5.41) is 13.4. The Hall–Kier alpha value is -3.71. The molecule has 0 spiro atoms. The minimum atomic E-state index is -3.92. The van der Waals surface area contributed by atoms with E-state index in [2.05, 4.69) is 5.32 Å². The summed E-state index contributed by atoms with van der Waals surface area (Å²) in [7, 11) is -2.42. The van der Waals surface area contributed by atoms with Gasteiger partial charge in [0, 0.05) is 50.0 Å². The zero-order chi connectivity index (χ0) is 29.9. The van der Waals surface area contributed by atoms with E-state index in [1.807, 2.05) is 24.3 Å². The summed E-state index contributed by atoms with van der Waals surface area (Å²) in [4.78, 5) is 25.4. The molecule has 0 saturated heterocycles. The average molecular weight is 598 g/mol. The molecule has 1 aliphatic carbocycles. The Labute approximate surface area is 244 Å². The van der Waals surface area contributed by atoms with Crippen LogP contribution >= 0.6 is 0 Å². The van der Waals surface area contributed by atoms with Gasteiger partial charge in [-0.25, -0.2) is 8.42 Å². The fourth-order valence-corrected chi connectivity index (χ4v) is 6.44. The van der Waals surface area contributed by atoms with Crippen molar-refractivity contribution in [2.24, 2.45) is 0 Å². The number of nitrogens with one attached hydrogen (secondary N) is 1. The topological polar surface area (TPSA) is 136 Å². The molecule has 1 fully saturated rings. The number of aliphatic hydroxyl groups excluding tert-OH is 1. The van der Waals surface area contributed by atoms with Crippen molar-refractivity contribution in [2.75, 3.05) is 33.4 Å². The van der Waals surface area contributed by atoms with Crippen molar-refractivity contribution >= 4 is 32.7 Å². The van der Waals surface area contributed by atoms with Crippen LogP contribution in [0.5, 0.6) is 5.75 Å². The van der Waals surface area contributed by atoms with Gasteiger partial charge in [-0.1, -0.05) is 18.2 Å². The van der Waals surface area contributed by atoms with E-state index in [1.165, 1.54) is 26.2 Å². The largest absolute Gasteiger partial charge is 0.497 e. The van der Waals surface area contributed by atoms with Gasteiger partial charge in [0.1, 0.15) is 5.75 Å². The molecule has 2 N–H and O–H groups in total. The van der Waals surface area contributed by atoms with E-state index >= 15 is 0 Å². The van der Waals surface area contributed by atoms with E-state index in [1.54, 1.807) is 29.0 Å². The lowest BCUT2D eigenvalue weighted by Crippen LogP contribution is -2.38. The molecule has 1 saturated carbocycles. The van der Waals surface area contributed by atoms with Crippen molar-refractivity contribution in [3.8, 4) is 5.75 Å². The molecule has 224 valence electrons. The number of carbonyl (C=O) groups is 2. The Morgan fingerprint density at radius 2 is 1.86 bits per heavy atom. The van der Waals surface area contributed by atoms with E-state index in [9.17, 15) is 23.1 Å². The second kappa shape index (κ2) is 12.7. The lowest BCUT2D eigenvalue weighted by molar-refractivity contribution is -0.146. The summed E-state index contributed by atoms with van der Waals surface area (Å²) in [6, 6.07) is 13.7. The van der Waals surface area contributed by atoms with E-state index < -0.39 is 16.3 Å². The molecule has 42 heavy (non-hydrogen) atoms. The van der Waals surface area contributed by atoms with Crippen LogP contribution in [0.15, 0.2) is 71.5 Å². The maximum atomic E-state index is 13.3. The van der Waals surface area contributed by atoms with Gasteiger partial charge in [-0.2, -0.15) is 4.31 Å². The number of allylic oxidation sites excluding steroid dienone is 1. The van der Waals surface area contributed by atoms with Gasteiger partial charge >= 0.3 is 0 Å². The smallest absolute Gasteiger partial charge is 0.286 e. The molecular weight excluding hydrogens is 562 g/mol. The first-order valence-corrected chi connectivity index (χ1v) is 15.3. The highest BCUT2D eigenvalue weighted by molar-refractivity contribution is 7.89. The number of amides is 1. The Bertz CT molecular complexity index is 1580. The normalized spacial score (nSPS) is 18.9. The predicted octanol–water partition coefficient (Wildman–Crippen LogP) is 3.00. The molecule has 1 aliphatic heterocycles. The summed E-state index contributed by atoms with van der Waals surface area (Å²) in [6.45, 7) is 0.918. The van der Waals surface area contributed by atoms with Crippen LogP contribution in [0.3, 0.4) is 0 Å². The predicted molar refractivity (Wildman–Crippen MR) is 155 cm³/mol. The number of nitrogens with zero attached hydrogens (tertiary/aromatic N) is 2. The second-order valence-electron chi connectivity index (χ2n) is 10.3. The maximum absolute atomic E-state index is 13.3. The SMILES string of the molecule is COc1ccc(S(=O)(=O)N(CCO)CCO[C@H]2C[C@@H](c3cn(C(C)=O)c4ccccc34)C=C(C(=O)NC3CC3)O2)cc1. The van der Waals surface area contributed by atoms with Gasteiger partial charge in [-0.15, -0.1) is 0 Å². The molecule has 3 aromatic rings. The molecular formula is C30H35N3O8S. The lowest BCUT2D eigenvalue weighted by Gasteiger charge is -2.30. The van der Waals surface area contributed by atoms with Gasteiger partial charge in [-0.05, 0) is 54.8 Å². The summed E-state index contributed by atoms with van der Waals surface area (Å²) in [5.74, 6) is -0.118. The van der Waals surface area contributed by atoms with Gasteiger partial charge in [0.15, 0.2) is 5.76 Å². The van der Waals surface area contributed by atoms with Crippen LogP contribution < -0.4 is 10.1 Å². The van der Waals surface area contributed by atoms with Crippen molar-refractivity contribution in [1.82, 2.24) is 14.2 Å². The van der Waals surface area contributed by atoms with Crippen molar-refractivity contribution < 1.29 is 37.3 Å². The third-order valence-electron chi connectivity index (χ3n) is 7.37. The van der Waals surface area contributed by atoms with Gasteiger partial charge in [0.05, 0.1) is 30.7 Å². The van der Waals surface area contributed by atoms with Crippen LogP contribution in [0, 0.1) is 0 Å². The monoisotopic (exact) mass is 597 g/mol. The summed E-state index contributed by atoms with van der Waals surface area (Å²) < 4.78 is 46.4. The molecule has 2 aromatic carbocycles. The summed E-state index contributed by atoms with van der Waals surface area (Å²) in [6.07, 6.45) is 4.87. The van der Waals surface area contributed by atoms with Gasteiger partial charge in [-0.3, -0.25) is 14.2 Å². The van der Waals surface area contributed by atoms with E-state index in [4.69, 9.17) is 14.2 Å². The van der Waals surface area contributed by atoms with Crippen molar-refractivity contribution in [3.63, 3.8) is 0 Å². The van der Waals surface area contributed by atoms with Gasteiger partial charge in [0.2, 0.25) is 22.2 Å². The first kappa shape index (κ1) is 29.8. The molecule has 0 unspecified atom stereocenters. The van der Waals surface area contributed by atoms with E-state index in [0.717, 1.165) is 33.6 Å². The van der Waals surface area contributed by atoms with Crippen molar-refractivity contribution in [1.29, 1.82) is 0 Å². The van der Waals surface area contributed by atoms with Gasteiger partial charge in [0.25, 0.3) is 5.91 Å². The molecule has 0 bridgehead atoms. The van der Waals surface area contributed by atoms with E-state index in [-0.39, 0.29) is 60.7 Å². The molecule has 11 nitrogen and oxygen atoms in total. The number of para-hydroxylation sites is 1. The Morgan fingerprint density at radius 1 is 1.12 bits per heavy atom. The van der Waals surface area contributed by atoms with Crippen LogP contribution in [0.1, 0.15) is 42.5 Å². The van der Waals surface area contributed by atoms with Crippen LogP contribution in [0.4, 0.5) is 0 Å². The quantitative estimate of drug-likeness (QED) is 0.325. The first-order chi connectivity index (χ1) is 20.2. The number of hydrogen-bond acceptors (Lipinski definition) is 8. The average Bonchev–Trinajstić information content (AvgIpc) is 3.72. The molecule has 1 amide bonds. The summed E-state index contributed by atoms with van der Waals surface area (Å²) >= 11 is 0. The molecule has 1 aromatic heterocycles. The number of ether oxygens (including phenoxy) is 3. The highest BCUT2D eigenvalue weighted by Crippen LogP contribution is 2.37. The first-order valence-electron chi connectivity index (χ1n) is 13.9. The van der Waals surface area contributed by atoms with Crippen molar-refractivity contribution in [2.45, 2.75) is 49.3 Å².